The van der Waals surface area contributed by atoms with Gasteiger partial charge in [0.2, 0.25) is 0 Å². The minimum Gasteiger partial charge on any atom is -0.350 e. The molecule has 0 aromatic rings. The van der Waals surface area contributed by atoms with E-state index in [1.54, 1.807) is 0 Å². The Labute approximate surface area is 69.2 Å². The maximum Gasteiger partial charge on any atom is 0.159 e. The molecule has 0 spiro atoms. The summed E-state index contributed by atoms with van der Waals surface area (Å²) in [6.07, 6.45) is 3.01. The van der Waals surface area contributed by atoms with Gasteiger partial charge in [-0.1, -0.05) is 8.58 Å². The van der Waals surface area contributed by atoms with Crippen LogP contribution in [0.3, 0.4) is 0 Å². The van der Waals surface area contributed by atoms with Crippen molar-refractivity contribution in [3.63, 3.8) is 0 Å². The summed E-state index contributed by atoms with van der Waals surface area (Å²) < 4.78 is 11.4. The first kappa shape index (κ1) is 6.88. The van der Waals surface area contributed by atoms with Gasteiger partial charge in [0.05, 0.1) is 11.9 Å². The molecule has 0 aromatic heterocycles. The van der Waals surface area contributed by atoms with Crippen molar-refractivity contribution in [3.8, 4) is 0 Å². The Balaban J connectivity index is 1.91. The van der Waals surface area contributed by atoms with Gasteiger partial charge in [-0.15, -0.1) is 0 Å². The van der Waals surface area contributed by atoms with E-state index in [1.807, 2.05) is 0 Å². The van der Waals surface area contributed by atoms with E-state index >= 15 is 0 Å². The molecule has 6 atom stereocenters. The fraction of sp³-hybridized carbons (Fsp3) is 1.00. The molecule has 4 bridgehead atoms. The Morgan fingerprint density at radius 2 is 2.18 bits per heavy atom. The van der Waals surface area contributed by atoms with E-state index in [2.05, 4.69) is 7.85 Å². The third-order valence-electron chi connectivity index (χ3n) is 3.16. The van der Waals surface area contributed by atoms with Crippen LogP contribution in [0.5, 0.6) is 0 Å². The number of hydrogen-bond donors (Lipinski definition) is 0. The molecule has 0 aromatic carbocycles. The molecule has 4 aliphatic rings. The molecule has 60 valence electrons. The zero-order chi connectivity index (χ0) is 7.42. The van der Waals surface area contributed by atoms with Gasteiger partial charge in [0, 0.05) is 12.8 Å². The smallest absolute Gasteiger partial charge is 0.159 e. The summed E-state index contributed by atoms with van der Waals surface area (Å²) >= 11 is 0. The Hall–Kier alpha value is 0.415. The van der Waals surface area contributed by atoms with Crippen LogP contribution in [-0.2, 0) is 9.47 Å². The van der Waals surface area contributed by atoms with Crippen LogP contribution >= 0.6 is 8.58 Å². The molecule has 4 fully saturated rings. The second-order valence-electron chi connectivity index (χ2n) is 3.83. The van der Waals surface area contributed by atoms with Crippen molar-refractivity contribution in [3.05, 3.63) is 0 Å². The number of hydrogen-bond acceptors (Lipinski definition) is 2. The number of rotatable bonds is 0. The summed E-state index contributed by atoms with van der Waals surface area (Å²) in [6, 6.07) is 0. The van der Waals surface area contributed by atoms with Crippen molar-refractivity contribution in [2.24, 2.45) is 0 Å². The zero-order valence-electron chi connectivity index (χ0n) is 6.62. The van der Waals surface area contributed by atoms with Crippen LogP contribution in [-0.4, -0.2) is 31.7 Å². The lowest BCUT2D eigenvalue weighted by atomic mass is 9.75. The largest absolute Gasteiger partial charge is 0.350 e. The van der Waals surface area contributed by atoms with Crippen LogP contribution < -0.4 is 0 Å². The van der Waals surface area contributed by atoms with Crippen LogP contribution in [0.25, 0.3) is 0 Å². The standard InChI is InChI=1S/C7H12BO2P/c8-7-3-1-6-10-5(9-3)2-4(7)11-6/h3-7,11H,1-2,8H2. The average Bonchev–Trinajstić information content (AvgIpc) is 1.98. The van der Waals surface area contributed by atoms with Crippen molar-refractivity contribution in [2.75, 3.05) is 0 Å². The van der Waals surface area contributed by atoms with E-state index in [0.29, 0.717) is 11.9 Å². The van der Waals surface area contributed by atoms with Crippen LogP contribution in [0.4, 0.5) is 0 Å². The predicted octanol–water partition coefficient (Wildman–Crippen LogP) is 0.330. The summed E-state index contributed by atoms with van der Waals surface area (Å²) in [6.45, 7) is 0. The number of ether oxygens (including phenoxy) is 2. The molecular formula is C7H12BO2P. The van der Waals surface area contributed by atoms with E-state index in [1.165, 1.54) is 0 Å². The highest BCUT2D eigenvalue weighted by Gasteiger charge is 2.47. The van der Waals surface area contributed by atoms with Gasteiger partial charge >= 0.3 is 0 Å². The highest BCUT2D eigenvalue weighted by atomic mass is 31.1. The first-order chi connectivity index (χ1) is 5.33. The first-order valence-electron chi connectivity index (χ1n) is 4.40. The van der Waals surface area contributed by atoms with Gasteiger partial charge in [-0.2, -0.15) is 0 Å². The van der Waals surface area contributed by atoms with Gasteiger partial charge in [0.25, 0.3) is 0 Å². The molecule has 0 N–H and O–H groups in total. The Kier molecular flexibility index (Phi) is 1.39. The molecule has 6 unspecified atom stereocenters. The maximum atomic E-state index is 5.72. The predicted molar refractivity (Wildman–Crippen MR) is 47.2 cm³/mol. The summed E-state index contributed by atoms with van der Waals surface area (Å²) in [7, 11) is 3.38. The van der Waals surface area contributed by atoms with Gasteiger partial charge in [0.15, 0.2) is 6.29 Å². The van der Waals surface area contributed by atoms with Gasteiger partial charge in [-0.3, -0.25) is 0 Å². The SMILES string of the molecule is BC1C2CC3OC(CC1P3)O2. The normalized spacial score (nSPS) is 62.4. The van der Waals surface area contributed by atoms with E-state index in [4.69, 9.17) is 9.47 Å². The van der Waals surface area contributed by atoms with Crippen molar-refractivity contribution < 1.29 is 9.47 Å². The highest BCUT2D eigenvalue weighted by Crippen LogP contribution is 2.54. The molecule has 4 heterocycles. The lowest BCUT2D eigenvalue weighted by molar-refractivity contribution is -0.249. The summed E-state index contributed by atoms with van der Waals surface area (Å²) in [4.78, 5) is 0. The Morgan fingerprint density at radius 3 is 2.91 bits per heavy atom. The monoisotopic (exact) mass is 170 g/mol. The minimum atomic E-state index is 0.168. The fourth-order valence-corrected chi connectivity index (χ4v) is 4.35. The molecular weight excluding hydrogens is 158 g/mol. The summed E-state index contributed by atoms with van der Waals surface area (Å²) in [5, 5.41) is 0. The van der Waals surface area contributed by atoms with Crippen molar-refractivity contribution in [2.45, 2.75) is 42.6 Å². The quantitative estimate of drug-likeness (QED) is 0.385. The molecule has 0 saturated carbocycles. The van der Waals surface area contributed by atoms with Gasteiger partial charge in [-0.25, -0.2) is 0 Å². The van der Waals surface area contributed by atoms with Crippen LogP contribution in [0.15, 0.2) is 0 Å². The summed E-state index contributed by atoms with van der Waals surface area (Å²) in [5.74, 6) is 1.36. The molecule has 4 saturated heterocycles. The third-order valence-corrected chi connectivity index (χ3v) is 5.09. The van der Waals surface area contributed by atoms with Crippen molar-refractivity contribution in [1.29, 1.82) is 0 Å². The molecule has 11 heavy (non-hydrogen) atoms. The lowest BCUT2D eigenvalue weighted by Crippen LogP contribution is -2.52. The van der Waals surface area contributed by atoms with Crippen LogP contribution in [0.2, 0.25) is 5.82 Å². The van der Waals surface area contributed by atoms with Gasteiger partial charge in [-0.05, 0) is 11.5 Å². The van der Waals surface area contributed by atoms with Gasteiger partial charge in [0.1, 0.15) is 7.85 Å². The lowest BCUT2D eigenvalue weighted by Gasteiger charge is -2.52. The second kappa shape index (κ2) is 2.22. The van der Waals surface area contributed by atoms with Gasteiger partial charge < -0.3 is 9.47 Å². The molecule has 4 heteroatoms. The van der Waals surface area contributed by atoms with E-state index in [0.717, 1.165) is 32.9 Å². The van der Waals surface area contributed by atoms with Crippen molar-refractivity contribution in [1.82, 2.24) is 0 Å². The van der Waals surface area contributed by atoms with E-state index < -0.39 is 0 Å². The van der Waals surface area contributed by atoms with E-state index in [9.17, 15) is 0 Å². The summed E-state index contributed by atoms with van der Waals surface area (Å²) in [5.41, 5.74) is 0.922. The van der Waals surface area contributed by atoms with Crippen LogP contribution in [0.1, 0.15) is 12.8 Å². The molecule has 4 rings (SSSR count). The zero-order valence-corrected chi connectivity index (χ0v) is 7.62. The van der Waals surface area contributed by atoms with Crippen molar-refractivity contribution >= 4 is 16.4 Å². The molecule has 0 amide bonds. The highest BCUT2D eigenvalue weighted by molar-refractivity contribution is 7.40. The fourth-order valence-electron chi connectivity index (χ4n) is 2.43. The van der Waals surface area contributed by atoms with E-state index in [-0.39, 0.29) is 6.29 Å². The first-order valence-corrected chi connectivity index (χ1v) is 5.55. The molecule has 0 aliphatic carbocycles. The average molecular weight is 170 g/mol. The molecule has 0 radical (unpaired) electrons. The molecule has 2 nitrogen and oxygen atoms in total. The maximum absolute atomic E-state index is 5.72. The molecule has 4 aliphatic heterocycles. The van der Waals surface area contributed by atoms with Crippen LogP contribution in [0, 0.1) is 0 Å². The Morgan fingerprint density at radius 1 is 1.27 bits per heavy atom. The topological polar surface area (TPSA) is 18.5 Å². The third kappa shape index (κ3) is 0.913. The Bertz CT molecular complexity index is 159. The minimum absolute atomic E-state index is 0.168. The second-order valence-corrected chi connectivity index (χ2v) is 5.55.